The zero-order chi connectivity index (χ0) is 22.2. The summed E-state index contributed by atoms with van der Waals surface area (Å²) >= 11 is 1.50. The molecule has 0 radical (unpaired) electrons. The van der Waals surface area contributed by atoms with E-state index < -0.39 is 9.84 Å². The summed E-state index contributed by atoms with van der Waals surface area (Å²) in [6, 6.07) is 13.2. The Balaban J connectivity index is 1.61. The van der Waals surface area contributed by atoms with Crippen molar-refractivity contribution in [3.63, 3.8) is 0 Å². The van der Waals surface area contributed by atoms with Crippen molar-refractivity contribution in [2.75, 3.05) is 11.5 Å². The minimum atomic E-state index is -3.14. The van der Waals surface area contributed by atoms with E-state index in [2.05, 4.69) is 38.1 Å². The standard InChI is InChI=1S/C23H26N2O4S2/c1-23(2,3)17-8-6-16(7-9-17)14-25(18-10-12-31(27,28)15-18)22(26)19-13-20(29-24-19)21-5-4-11-30-21/h4-9,11,13,18H,10,12,14-15H2,1-3H3/t18-/m0/s1. The van der Waals surface area contributed by atoms with Crippen LogP contribution in [-0.2, 0) is 21.8 Å². The van der Waals surface area contributed by atoms with E-state index >= 15 is 0 Å². The van der Waals surface area contributed by atoms with Crippen molar-refractivity contribution in [3.05, 3.63) is 64.7 Å². The van der Waals surface area contributed by atoms with E-state index in [-0.39, 0.29) is 34.6 Å². The minimum absolute atomic E-state index is 0.0194. The summed E-state index contributed by atoms with van der Waals surface area (Å²) in [6.07, 6.45) is 0.434. The van der Waals surface area contributed by atoms with Crippen LogP contribution in [0.2, 0.25) is 0 Å². The van der Waals surface area contributed by atoms with E-state index in [0.717, 1.165) is 10.4 Å². The quantitative estimate of drug-likeness (QED) is 0.561. The number of rotatable bonds is 5. The van der Waals surface area contributed by atoms with Gasteiger partial charge in [-0.1, -0.05) is 56.3 Å². The molecule has 0 aliphatic carbocycles. The third-order valence-electron chi connectivity index (χ3n) is 5.58. The Kier molecular flexibility index (Phi) is 5.79. The highest BCUT2D eigenvalue weighted by molar-refractivity contribution is 7.91. The molecule has 31 heavy (non-hydrogen) atoms. The Morgan fingerprint density at radius 1 is 1.23 bits per heavy atom. The molecule has 1 saturated heterocycles. The Morgan fingerprint density at radius 3 is 2.55 bits per heavy atom. The number of thiophene rings is 1. The maximum absolute atomic E-state index is 13.4. The first kappa shape index (κ1) is 21.8. The summed E-state index contributed by atoms with van der Waals surface area (Å²) < 4.78 is 29.6. The van der Waals surface area contributed by atoms with Gasteiger partial charge in [0.1, 0.15) is 0 Å². The molecule has 4 rings (SSSR count). The summed E-state index contributed by atoms with van der Waals surface area (Å²) in [5.41, 5.74) is 2.38. The fourth-order valence-electron chi connectivity index (χ4n) is 3.75. The molecule has 1 amide bonds. The molecule has 1 aliphatic heterocycles. The van der Waals surface area contributed by atoms with Crippen LogP contribution >= 0.6 is 11.3 Å². The maximum Gasteiger partial charge on any atom is 0.276 e. The third kappa shape index (κ3) is 4.91. The van der Waals surface area contributed by atoms with Gasteiger partial charge >= 0.3 is 0 Å². The number of carbonyl (C=O) groups is 1. The molecule has 1 aliphatic rings. The number of amides is 1. The molecule has 3 aromatic rings. The number of hydrogen-bond donors (Lipinski definition) is 0. The van der Waals surface area contributed by atoms with Crippen LogP contribution in [0, 0.1) is 0 Å². The average Bonchev–Trinajstić information content (AvgIpc) is 3.45. The first-order valence-corrected chi connectivity index (χ1v) is 12.9. The van der Waals surface area contributed by atoms with Gasteiger partial charge in [-0.15, -0.1) is 11.3 Å². The van der Waals surface area contributed by atoms with Crippen molar-refractivity contribution in [3.8, 4) is 10.6 Å². The van der Waals surface area contributed by atoms with Crippen molar-refractivity contribution in [2.45, 2.75) is 45.2 Å². The van der Waals surface area contributed by atoms with Crippen LogP contribution in [-0.4, -0.2) is 41.9 Å². The van der Waals surface area contributed by atoms with E-state index in [1.165, 1.54) is 16.9 Å². The third-order valence-corrected chi connectivity index (χ3v) is 8.21. The van der Waals surface area contributed by atoms with E-state index in [1.54, 1.807) is 11.0 Å². The highest BCUT2D eigenvalue weighted by atomic mass is 32.2. The normalized spacial score (nSPS) is 18.2. The van der Waals surface area contributed by atoms with Gasteiger partial charge in [0, 0.05) is 18.7 Å². The van der Waals surface area contributed by atoms with Gasteiger partial charge in [0.05, 0.1) is 16.4 Å². The van der Waals surface area contributed by atoms with Crippen LogP contribution in [0.15, 0.2) is 52.4 Å². The molecule has 2 aromatic heterocycles. The van der Waals surface area contributed by atoms with Crippen LogP contribution in [0.5, 0.6) is 0 Å². The summed E-state index contributed by atoms with van der Waals surface area (Å²) in [6.45, 7) is 6.77. The van der Waals surface area contributed by atoms with Crippen molar-refractivity contribution in [2.24, 2.45) is 0 Å². The molecule has 0 bridgehead atoms. The number of carbonyl (C=O) groups excluding carboxylic acids is 1. The molecule has 0 spiro atoms. The molecule has 8 heteroatoms. The van der Waals surface area contributed by atoms with E-state index in [9.17, 15) is 13.2 Å². The van der Waals surface area contributed by atoms with Crippen LogP contribution in [0.3, 0.4) is 0 Å². The number of aromatic nitrogens is 1. The minimum Gasteiger partial charge on any atom is -0.355 e. The highest BCUT2D eigenvalue weighted by Crippen LogP contribution is 2.28. The van der Waals surface area contributed by atoms with Crippen LogP contribution < -0.4 is 0 Å². The van der Waals surface area contributed by atoms with Crippen molar-refractivity contribution in [1.82, 2.24) is 10.1 Å². The smallest absolute Gasteiger partial charge is 0.276 e. The summed E-state index contributed by atoms with van der Waals surface area (Å²) in [5.74, 6) is 0.304. The SMILES string of the molecule is CC(C)(C)c1ccc(CN(C(=O)c2cc(-c3cccs3)on2)[C@H]2CCS(=O)(=O)C2)cc1. The topological polar surface area (TPSA) is 80.5 Å². The lowest BCUT2D eigenvalue weighted by Crippen LogP contribution is -2.40. The molecular formula is C23H26N2O4S2. The number of nitrogens with zero attached hydrogens (tertiary/aromatic N) is 2. The molecule has 1 atom stereocenters. The summed E-state index contributed by atoms with van der Waals surface area (Å²) in [5, 5.41) is 5.91. The van der Waals surface area contributed by atoms with Gasteiger partial charge in [-0.2, -0.15) is 0 Å². The van der Waals surface area contributed by atoms with Crippen molar-refractivity contribution < 1.29 is 17.7 Å². The molecule has 164 valence electrons. The predicted molar refractivity (Wildman–Crippen MR) is 122 cm³/mol. The molecule has 3 heterocycles. The predicted octanol–water partition coefficient (Wildman–Crippen LogP) is 4.53. The second-order valence-electron chi connectivity index (χ2n) is 8.99. The second kappa shape index (κ2) is 8.24. The van der Waals surface area contributed by atoms with Gasteiger partial charge in [-0.3, -0.25) is 4.79 Å². The van der Waals surface area contributed by atoms with Crippen LogP contribution in [0.1, 0.15) is 48.8 Å². The summed E-state index contributed by atoms with van der Waals surface area (Å²) in [4.78, 5) is 15.9. The van der Waals surface area contributed by atoms with Crippen LogP contribution in [0.4, 0.5) is 0 Å². The zero-order valence-electron chi connectivity index (χ0n) is 17.9. The molecule has 0 unspecified atom stereocenters. The molecule has 6 nitrogen and oxygen atoms in total. The lowest BCUT2D eigenvalue weighted by atomic mass is 9.86. The van der Waals surface area contributed by atoms with Gasteiger partial charge in [-0.05, 0) is 34.4 Å². The Bertz CT molecular complexity index is 1160. The number of sulfone groups is 1. The maximum atomic E-state index is 13.4. The van der Waals surface area contributed by atoms with Gasteiger partial charge in [0.25, 0.3) is 5.91 Å². The van der Waals surface area contributed by atoms with Gasteiger partial charge < -0.3 is 9.42 Å². The monoisotopic (exact) mass is 458 g/mol. The lowest BCUT2D eigenvalue weighted by Gasteiger charge is -2.28. The van der Waals surface area contributed by atoms with Crippen molar-refractivity contribution >= 4 is 27.1 Å². The Labute approximate surface area is 186 Å². The van der Waals surface area contributed by atoms with Gasteiger partial charge in [0.15, 0.2) is 21.3 Å². The van der Waals surface area contributed by atoms with E-state index in [1.807, 2.05) is 29.6 Å². The Morgan fingerprint density at radius 2 is 1.97 bits per heavy atom. The first-order chi connectivity index (χ1) is 14.6. The lowest BCUT2D eigenvalue weighted by molar-refractivity contribution is 0.0670. The van der Waals surface area contributed by atoms with Crippen molar-refractivity contribution in [1.29, 1.82) is 0 Å². The number of hydrogen-bond acceptors (Lipinski definition) is 6. The fourth-order valence-corrected chi connectivity index (χ4v) is 6.16. The average molecular weight is 459 g/mol. The van der Waals surface area contributed by atoms with Gasteiger partial charge in [-0.25, -0.2) is 8.42 Å². The highest BCUT2D eigenvalue weighted by Gasteiger charge is 2.36. The molecule has 0 saturated carbocycles. The summed E-state index contributed by atoms with van der Waals surface area (Å²) in [7, 11) is -3.14. The Hall–Kier alpha value is -2.45. The largest absolute Gasteiger partial charge is 0.355 e. The van der Waals surface area contributed by atoms with Crippen LogP contribution in [0.25, 0.3) is 10.6 Å². The number of benzene rings is 1. The fraction of sp³-hybridized carbons (Fsp3) is 0.391. The first-order valence-electron chi connectivity index (χ1n) is 10.2. The second-order valence-corrected chi connectivity index (χ2v) is 12.2. The molecule has 1 fully saturated rings. The molecule has 1 aromatic carbocycles. The van der Waals surface area contributed by atoms with E-state index in [4.69, 9.17) is 4.52 Å². The molecule has 0 N–H and O–H groups in total. The van der Waals surface area contributed by atoms with E-state index in [0.29, 0.717) is 18.7 Å². The molecular weight excluding hydrogens is 432 g/mol. The zero-order valence-corrected chi connectivity index (χ0v) is 19.5. The van der Waals surface area contributed by atoms with Gasteiger partial charge in [0.2, 0.25) is 0 Å².